The summed E-state index contributed by atoms with van der Waals surface area (Å²) in [5, 5.41) is 5.37. The average Bonchev–Trinajstić information content (AvgIpc) is 3.28. The molecule has 2 N–H and O–H groups in total. The topological polar surface area (TPSA) is 111 Å². The van der Waals surface area contributed by atoms with Gasteiger partial charge < -0.3 is 19.3 Å². The van der Waals surface area contributed by atoms with Gasteiger partial charge in [0, 0.05) is 36.4 Å². The quantitative estimate of drug-likeness (QED) is 0.609. The summed E-state index contributed by atoms with van der Waals surface area (Å²) in [5.41, 5.74) is 3.54. The molecule has 0 aliphatic carbocycles. The van der Waals surface area contributed by atoms with Crippen LogP contribution < -0.4 is 19.7 Å². The Morgan fingerprint density at radius 1 is 1.03 bits per heavy atom. The van der Waals surface area contributed by atoms with Gasteiger partial charge >= 0.3 is 0 Å². The molecule has 0 spiro atoms. The van der Waals surface area contributed by atoms with E-state index < -0.39 is 10.0 Å². The molecule has 3 aromatic rings. The van der Waals surface area contributed by atoms with Crippen molar-refractivity contribution < 1.29 is 17.9 Å². The zero-order valence-corrected chi connectivity index (χ0v) is 19.1. The molecule has 0 saturated carbocycles. The van der Waals surface area contributed by atoms with Crippen LogP contribution >= 0.6 is 0 Å². The van der Waals surface area contributed by atoms with Crippen molar-refractivity contribution in [3.05, 3.63) is 54.1 Å². The number of primary sulfonamides is 1. The number of nitrogens with two attached hydrogens (primary N) is 1. The number of anilines is 3. The third kappa shape index (κ3) is 4.24. The maximum atomic E-state index is 11.9. The van der Waals surface area contributed by atoms with Crippen molar-refractivity contribution in [1.82, 2.24) is 9.97 Å². The first kappa shape index (κ1) is 21.6. The summed E-state index contributed by atoms with van der Waals surface area (Å²) in [4.78, 5) is 14.1. The molecule has 0 unspecified atom stereocenters. The second kappa shape index (κ2) is 8.62. The van der Waals surface area contributed by atoms with Crippen molar-refractivity contribution >= 4 is 27.5 Å². The van der Waals surface area contributed by atoms with E-state index in [9.17, 15) is 8.42 Å². The fourth-order valence-electron chi connectivity index (χ4n) is 4.24. The lowest BCUT2D eigenvalue weighted by molar-refractivity contribution is 0.122. The second-order valence-electron chi connectivity index (χ2n) is 7.95. The highest BCUT2D eigenvalue weighted by Crippen LogP contribution is 2.40. The Balaban J connectivity index is 1.65. The number of aromatic nitrogens is 2. The molecular weight excluding hydrogens is 442 g/mol. The molecule has 9 nitrogen and oxygen atoms in total. The first-order chi connectivity index (χ1) is 15.9. The van der Waals surface area contributed by atoms with Gasteiger partial charge in [0.1, 0.15) is 11.6 Å². The van der Waals surface area contributed by atoms with Crippen LogP contribution in [0.15, 0.2) is 53.4 Å². The third-order valence-corrected chi connectivity index (χ3v) is 6.82. The summed E-state index contributed by atoms with van der Waals surface area (Å²) < 4.78 is 34.7. The number of benzene rings is 2. The van der Waals surface area contributed by atoms with Crippen molar-refractivity contribution in [2.24, 2.45) is 5.14 Å². The summed E-state index contributed by atoms with van der Waals surface area (Å²) >= 11 is 0. The van der Waals surface area contributed by atoms with E-state index in [-0.39, 0.29) is 4.90 Å². The minimum Gasteiger partial charge on any atom is -0.497 e. The highest BCUT2D eigenvalue weighted by molar-refractivity contribution is 7.89. The Kier molecular flexibility index (Phi) is 5.65. The Bertz CT molecular complexity index is 1290. The third-order valence-electron chi connectivity index (χ3n) is 5.91. The Morgan fingerprint density at radius 3 is 2.58 bits per heavy atom. The van der Waals surface area contributed by atoms with E-state index in [0.717, 1.165) is 40.5 Å². The van der Waals surface area contributed by atoms with Crippen molar-refractivity contribution in [2.45, 2.75) is 11.3 Å². The Morgan fingerprint density at radius 2 is 1.82 bits per heavy atom. The molecular formula is C23H25N5O4S. The van der Waals surface area contributed by atoms with Crippen molar-refractivity contribution in [3.63, 3.8) is 0 Å². The fourth-order valence-corrected chi connectivity index (χ4v) is 4.79. The number of morpholine rings is 1. The van der Waals surface area contributed by atoms with E-state index in [0.29, 0.717) is 38.8 Å². The van der Waals surface area contributed by atoms with Gasteiger partial charge in [-0.1, -0.05) is 18.2 Å². The van der Waals surface area contributed by atoms with Crippen LogP contribution in [0.25, 0.3) is 11.3 Å². The fraction of sp³-hybridized carbons (Fsp3) is 0.304. The molecule has 0 amide bonds. The van der Waals surface area contributed by atoms with Crippen molar-refractivity contribution in [2.75, 3.05) is 49.8 Å². The average molecular weight is 468 g/mol. The maximum Gasteiger partial charge on any atom is 0.238 e. The van der Waals surface area contributed by atoms with E-state index in [1.165, 1.54) is 6.07 Å². The molecule has 1 aromatic heterocycles. The number of nitrogens with zero attached hydrogens (tertiary/aromatic N) is 4. The lowest BCUT2D eigenvalue weighted by Crippen LogP contribution is -2.37. The molecule has 2 aliphatic heterocycles. The largest absolute Gasteiger partial charge is 0.497 e. The molecule has 3 heterocycles. The summed E-state index contributed by atoms with van der Waals surface area (Å²) in [5.74, 6) is 2.16. The first-order valence-electron chi connectivity index (χ1n) is 10.7. The Hall–Kier alpha value is -3.21. The van der Waals surface area contributed by atoms with Crippen LogP contribution in [0.2, 0.25) is 0 Å². The highest BCUT2D eigenvalue weighted by atomic mass is 32.2. The minimum atomic E-state index is -3.81. The first-order valence-corrected chi connectivity index (χ1v) is 12.3. The molecule has 2 aliphatic rings. The number of ether oxygens (including phenoxy) is 2. The predicted molar refractivity (Wildman–Crippen MR) is 126 cm³/mol. The molecule has 0 atom stereocenters. The van der Waals surface area contributed by atoms with Crippen LogP contribution in [0.1, 0.15) is 5.56 Å². The van der Waals surface area contributed by atoms with Crippen LogP contribution in [0.4, 0.5) is 17.5 Å². The predicted octanol–water partition coefficient (Wildman–Crippen LogP) is 2.33. The van der Waals surface area contributed by atoms with Gasteiger partial charge in [0.15, 0.2) is 0 Å². The number of rotatable bonds is 5. The summed E-state index contributed by atoms with van der Waals surface area (Å²) in [6.07, 6.45) is 0.727. The zero-order valence-electron chi connectivity index (χ0n) is 18.3. The number of methoxy groups -OCH3 is 1. The van der Waals surface area contributed by atoms with Crippen LogP contribution in [-0.2, 0) is 21.2 Å². The van der Waals surface area contributed by atoms with Gasteiger partial charge in [-0.15, -0.1) is 0 Å². The van der Waals surface area contributed by atoms with Crippen molar-refractivity contribution in [3.8, 4) is 17.0 Å². The molecule has 0 radical (unpaired) electrons. The number of hydrogen-bond donors (Lipinski definition) is 1. The molecule has 33 heavy (non-hydrogen) atoms. The monoisotopic (exact) mass is 467 g/mol. The van der Waals surface area contributed by atoms with Crippen LogP contribution in [0.3, 0.4) is 0 Å². The molecule has 2 aromatic carbocycles. The van der Waals surface area contributed by atoms with Crippen LogP contribution in [0.5, 0.6) is 5.75 Å². The lowest BCUT2D eigenvalue weighted by atomic mass is 10.1. The van der Waals surface area contributed by atoms with E-state index in [1.54, 1.807) is 19.2 Å². The molecule has 1 fully saturated rings. The van der Waals surface area contributed by atoms with Gasteiger partial charge in [0.2, 0.25) is 16.0 Å². The van der Waals surface area contributed by atoms with Gasteiger partial charge in [-0.2, -0.15) is 4.98 Å². The molecule has 10 heteroatoms. The van der Waals surface area contributed by atoms with Gasteiger partial charge in [0.25, 0.3) is 0 Å². The van der Waals surface area contributed by atoms with Gasteiger partial charge in [-0.3, -0.25) is 0 Å². The molecule has 1 saturated heterocycles. The standard InChI is InChI=1S/C23H25N5O4S/c1-31-18-6-2-4-16(14-18)21-20-8-9-28(17-5-3-7-19(15-17)33(24,29)30)22(20)26-23(25-21)27-10-12-32-13-11-27/h2-7,14-15H,8-13H2,1H3,(H2,24,29,30). The SMILES string of the molecule is COc1cccc(-c2nc(N3CCOCC3)nc3c2CCN3c2cccc(S(N)(=O)=O)c2)c1. The minimum absolute atomic E-state index is 0.0731. The molecule has 5 rings (SSSR count). The van der Waals surface area contributed by atoms with Crippen molar-refractivity contribution in [1.29, 1.82) is 0 Å². The highest BCUT2D eigenvalue weighted by Gasteiger charge is 2.29. The molecule has 0 bridgehead atoms. The summed E-state index contributed by atoms with van der Waals surface area (Å²) in [7, 11) is -2.17. The summed E-state index contributed by atoms with van der Waals surface area (Å²) in [6.45, 7) is 3.31. The van der Waals surface area contributed by atoms with Gasteiger partial charge in [0.05, 0.1) is 30.9 Å². The normalized spacial score (nSPS) is 16.1. The zero-order chi connectivity index (χ0) is 23.0. The van der Waals surface area contributed by atoms with E-state index in [1.807, 2.05) is 35.2 Å². The second-order valence-corrected chi connectivity index (χ2v) is 9.51. The number of hydrogen-bond acceptors (Lipinski definition) is 8. The van der Waals surface area contributed by atoms with Gasteiger partial charge in [-0.25, -0.2) is 18.5 Å². The van der Waals surface area contributed by atoms with Crippen LogP contribution in [-0.4, -0.2) is 58.3 Å². The number of sulfonamides is 1. The Labute approximate surface area is 192 Å². The van der Waals surface area contributed by atoms with Crippen LogP contribution in [0, 0.1) is 0 Å². The molecule has 172 valence electrons. The van der Waals surface area contributed by atoms with Gasteiger partial charge in [-0.05, 0) is 36.8 Å². The lowest BCUT2D eigenvalue weighted by Gasteiger charge is -2.28. The van der Waals surface area contributed by atoms with E-state index in [4.69, 9.17) is 24.6 Å². The van der Waals surface area contributed by atoms with E-state index >= 15 is 0 Å². The van der Waals surface area contributed by atoms with E-state index in [2.05, 4.69) is 4.90 Å². The smallest absolute Gasteiger partial charge is 0.238 e. The number of fused-ring (bicyclic) bond motifs is 1. The summed E-state index contributed by atoms with van der Waals surface area (Å²) in [6, 6.07) is 14.5. The maximum absolute atomic E-state index is 11.9.